The highest BCUT2D eigenvalue weighted by molar-refractivity contribution is 5.95. The van der Waals surface area contributed by atoms with Crippen molar-refractivity contribution in [3.8, 4) is 0 Å². The highest BCUT2D eigenvalue weighted by Crippen LogP contribution is 2.19. The summed E-state index contributed by atoms with van der Waals surface area (Å²) in [6, 6.07) is 1.80. The Labute approximate surface area is 234 Å². The lowest BCUT2D eigenvalue weighted by Crippen LogP contribution is -2.58. The van der Waals surface area contributed by atoms with Crippen molar-refractivity contribution in [2.75, 3.05) is 13.2 Å². The first-order valence-electron chi connectivity index (χ1n) is 12.8. The van der Waals surface area contributed by atoms with Crippen molar-refractivity contribution < 1.29 is 39.3 Å². The monoisotopic (exact) mass is 576 g/mol. The maximum atomic E-state index is 13.3. The van der Waals surface area contributed by atoms with Crippen LogP contribution in [0.5, 0.6) is 0 Å². The largest absolute Gasteiger partial charge is 0.481 e. The first kappa shape index (κ1) is 32.5. The van der Waals surface area contributed by atoms with E-state index >= 15 is 0 Å². The zero-order valence-corrected chi connectivity index (χ0v) is 22.2. The molecule has 1 heterocycles. The summed E-state index contributed by atoms with van der Waals surface area (Å²) in [7, 11) is 0. The van der Waals surface area contributed by atoms with E-state index in [1.165, 1.54) is 0 Å². The minimum atomic E-state index is -1.52. The van der Waals surface area contributed by atoms with Crippen LogP contribution in [0.2, 0.25) is 0 Å². The minimum absolute atomic E-state index is 0.00480. The zero-order chi connectivity index (χ0) is 30.5. The van der Waals surface area contributed by atoms with Crippen LogP contribution >= 0.6 is 0 Å². The Bertz CT molecular complexity index is 1260. The normalized spacial score (nSPS) is 13.8. The number of nitrogens with zero attached hydrogens (tertiary/aromatic N) is 1. The number of aliphatic hydroxyl groups is 1. The number of nitrogens with one attached hydrogen (secondary N) is 4. The van der Waals surface area contributed by atoms with Crippen molar-refractivity contribution in [1.82, 2.24) is 20.9 Å². The third-order valence-corrected chi connectivity index (χ3v) is 6.11. The molecule has 0 fully saturated rings. The zero-order valence-electron chi connectivity index (χ0n) is 22.2. The van der Waals surface area contributed by atoms with Gasteiger partial charge in [-0.2, -0.15) is 0 Å². The summed E-state index contributed by atoms with van der Waals surface area (Å²) < 4.78 is 0. The van der Waals surface area contributed by atoms with E-state index in [4.69, 9.17) is 22.3 Å². The van der Waals surface area contributed by atoms with Crippen LogP contribution in [0.1, 0.15) is 31.2 Å². The Morgan fingerprint density at radius 1 is 0.902 bits per heavy atom. The number of carboxylic acid groups (broad SMARTS) is 2. The lowest BCUT2D eigenvalue weighted by atomic mass is 10.0. The topological polar surface area (TPSA) is 288 Å². The van der Waals surface area contributed by atoms with Gasteiger partial charge in [-0.05, 0) is 30.9 Å². The maximum absolute atomic E-state index is 13.3. The predicted molar refractivity (Wildman–Crippen MR) is 147 cm³/mol. The molecule has 2 rings (SSSR count). The molecule has 41 heavy (non-hydrogen) atoms. The number of nitrogens with two attached hydrogens (primary N) is 3. The maximum Gasteiger partial charge on any atom is 0.326 e. The van der Waals surface area contributed by atoms with E-state index < -0.39 is 60.4 Å². The molecule has 1 aromatic carbocycles. The molecule has 0 aliphatic rings. The molecule has 16 nitrogen and oxygen atoms in total. The van der Waals surface area contributed by atoms with Gasteiger partial charge in [-0.25, -0.2) is 4.79 Å². The molecule has 0 saturated heterocycles. The number of hydrogen-bond acceptors (Lipinski definition) is 8. The number of para-hydroxylation sites is 1. The number of benzene rings is 1. The van der Waals surface area contributed by atoms with E-state index in [1.54, 1.807) is 18.3 Å². The van der Waals surface area contributed by atoms with Crippen molar-refractivity contribution >= 4 is 46.5 Å². The van der Waals surface area contributed by atoms with Gasteiger partial charge in [-0.15, -0.1) is 0 Å². The smallest absolute Gasteiger partial charge is 0.326 e. The second-order valence-corrected chi connectivity index (χ2v) is 9.26. The van der Waals surface area contributed by atoms with E-state index in [0.29, 0.717) is 5.56 Å². The van der Waals surface area contributed by atoms with Crippen LogP contribution in [0.3, 0.4) is 0 Å². The molecule has 0 radical (unpaired) electrons. The SMILES string of the molecule is NC(N)=NCCCC(NC(=O)C(Cc1c[nH]c2ccccc12)NC(=O)C(CO)NC(=O)C(N)CCC(=O)O)C(=O)O. The lowest BCUT2D eigenvalue weighted by molar-refractivity contribution is -0.142. The summed E-state index contributed by atoms with van der Waals surface area (Å²) in [5.41, 5.74) is 17.6. The summed E-state index contributed by atoms with van der Waals surface area (Å²) >= 11 is 0. The molecule has 2 aromatic rings. The van der Waals surface area contributed by atoms with Crippen LogP contribution in [0, 0.1) is 0 Å². The Balaban J connectivity index is 2.21. The van der Waals surface area contributed by atoms with Gasteiger partial charge >= 0.3 is 11.9 Å². The van der Waals surface area contributed by atoms with E-state index in [0.717, 1.165) is 10.9 Å². The molecule has 4 unspecified atom stereocenters. The van der Waals surface area contributed by atoms with Crippen LogP contribution in [0.4, 0.5) is 0 Å². The Morgan fingerprint density at radius 3 is 2.17 bits per heavy atom. The summed E-state index contributed by atoms with van der Waals surface area (Å²) in [5, 5.41) is 36.0. The van der Waals surface area contributed by atoms with Crippen molar-refractivity contribution in [3.63, 3.8) is 0 Å². The summed E-state index contributed by atoms with van der Waals surface area (Å²) in [6.07, 6.45) is 1.24. The third-order valence-electron chi connectivity index (χ3n) is 6.11. The number of amides is 3. The highest BCUT2D eigenvalue weighted by Gasteiger charge is 2.30. The molecular formula is C25H36N8O8. The Hall–Kier alpha value is -4.70. The average Bonchev–Trinajstić information content (AvgIpc) is 3.33. The van der Waals surface area contributed by atoms with Gasteiger partial charge < -0.3 is 53.5 Å². The van der Waals surface area contributed by atoms with Gasteiger partial charge in [0, 0.05) is 36.5 Å². The summed E-state index contributed by atoms with van der Waals surface area (Å²) in [5.74, 6) is -5.26. The van der Waals surface area contributed by atoms with Gasteiger partial charge in [0.2, 0.25) is 17.7 Å². The molecule has 0 aliphatic carbocycles. The third kappa shape index (κ3) is 10.4. The van der Waals surface area contributed by atoms with E-state index in [9.17, 15) is 34.2 Å². The Morgan fingerprint density at radius 2 is 1.54 bits per heavy atom. The Kier molecular flexibility index (Phi) is 12.5. The molecule has 13 N–H and O–H groups in total. The lowest BCUT2D eigenvalue weighted by Gasteiger charge is -2.24. The van der Waals surface area contributed by atoms with Crippen LogP contribution in [-0.4, -0.2) is 93.2 Å². The van der Waals surface area contributed by atoms with Crippen molar-refractivity contribution in [3.05, 3.63) is 36.0 Å². The second-order valence-electron chi connectivity index (χ2n) is 9.26. The summed E-state index contributed by atoms with van der Waals surface area (Å²) in [6.45, 7) is -0.711. The standard InChI is InChI=1S/C25H36N8O8/c26-15(7-8-20(35)36)21(37)33-19(12-34)23(39)32-18(10-13-11-30-16-5-2-1-4-14(13)16)22(38)31-17(24(40)41)6-3-9-29-25(27)28/h1-2,4-5,11,15,17-19,30,34H,3,6-10,12,26H2,(H,31,38)(H,32,39)(H,33,37)(H,35,36)(H,40,41)(H4,27,28,29). The van der Waals surface area contributed by atoms with Gasteiger partial charge in [-0.3, -0.25) is 24.2 Å². The average molecular weight is 577 g/mol. The number of fused-ring (bicyclic) bond motifs is 1. The number of guanidine groups is 1. The van der Waals surface area contributed by atoms with Crippen LogP contribution in [0.15, 0.2) is 35.5 Å². The number of hydrogen-bond donors (Lipinski definition) is 10. The number of aromatic nitrogens is 1. The van der Waals surface area contributed by atoms with Crippen LogP contribution in [0.25, 0.3) is 10.9 Å². The molecular weight excluding hydrogens is 540 g/mol. The molecule has 0 bridgehead atoms. The molecule has 0 saturated carbocycles. The van der Waals surface area contributed by atoms with Crippen molar-refractivity contribution in [2.24, 2.45) is 22.2 Å². The molecule has 16 heteroatoms. The second kappa shape index (κ2) is 15.8. The van der Waals surface area contributed by atoms with E-state index in [1.807, 2.05) is 12.1 Å². The van der Waals surface area contributed by atoms with Crippen molar-refractivity contribution in [1.29, 1.82) is 0 Å². The number of aliphatic carboxylic acids is 2. The number of carboxylic acids is 2. The number of aliphatic imine (C=N–C) groups is 1. The molecule has 0 spiro atoms. The molecule has 224 valence electrons. The van der Waals surface area contributed by atoms with Gasteiger partial charge in [0.1, 0.15) is 18.1 Å². The number of carbonyl (C=O) groups excluding carboxylic acids is 3. The van der Waals surface area contributed by atoms with Gasteiger partial charge in [0.05, 0.1) is 12.6 Å². The number of aliphatic hydroxyl groups excluding tert-OH is 1. The van der Waals surface area contributed by atoms with E-state index in [2.05, 4.69) is 25.9 Å². The number of carbonyl (C=O) groups is 5. The molecule has 4 atom stereocenters. The van der Waals surface area contributed by atoms with Gasteiger partial charge in [0.25, 0.3) is 0 Å². The molecule has 3 amide bonds. The summed E-state index contributed by atoms with van der Waals surface area (Å²) in [4.78, 5) is 68.1. The predicted octanol–water partition coefficient (Wildman–Crippen LogP) is -2.51. The fourth-order valence-electron chi connectivity index (χ4n) is 3.92. The van der Waals surface area contributed by atoms with Crippen LogP contribution in [-0.2, 0) is 30.4 Å². The first-order chi connectivity index (χ1) is 19.4. The van der Waals surface area contributed by atoms with Crippen LogP contribution < -0.4 is 33.2 Å². The highest BCUT2D eigenvalue weighted by atomic mass is 16.4. The van der Waals surface area contributed by atoms with Gasteiger partial charge in [-0.1, -0.05) is 18.2 Å². The quantitative estimate of drug-likeness (QED) is 0.0533. The fraction of sp³-hybridized carbons (Fsp3) is 0.440. The minimum Gasteiger partial charge on any atom is -0.481 e. The number of aromatic amines is 1. The fourth-order valence-corrected chi connectivity index (χ4v) is 3.92. The van der Waals surface area contributed by atoms with E-state index in [-0.39, 0.29) is 44.6 Å². The number of rotatable bonds is 17. The van der Waals surface area contributed by atoms with Gasteiger partial charge in [0.15, 0.2) is 5.96 Å². The number of H-pyrrole nitrogens is 1. The molecule has 0 aliphatic heterocycles. The molecule has 1 aromatic heterocycles. The first-order valence-corrected chi connectivity index (χ1v) is 12.8. The van der Waals surface area contributed by atoms with Crippen molar-refractivity contribution in [2.45, 2.75) is 56.3 Å².